The van der Waals surface area contributed by atoms with E-state index in [2.05, 4.69) is 20.9 Å². The molecule has 12 nitrogen and oxygen atoms in total. The number of ether oxygens (including phenoxy) is 2. The minimum absolute atomic E-state index is 0.0873. The third kappa shape index (κ3) is 6.92. The number of aromatic nitrogens is 3. The third-order valence-corrected chi connectivity index (χ3v) is 7.07. The van der Waals surface area contributed by atoms with Crippen molar-refractivity contribution in [2.45, 2.75) is 45.4 Å². The Bertz CT molecular complexity index is 1600. The van der Waals surface area contributed by atoms with Gasteiger partial charge in [0.15, 0.2) is 11.5 Å². The summed E-state index contributed by atoms with van der Waals surface area (Å²) >= 11 is 0. The molecule has 3 N–H and O–H groups in total. The van der Waals surface area contributed by atoms with E-state index in [0.29, 0.717) is 41.2 Å². The molecule has 1 fully saturated rings. The molecule has 1 saturated heterocycles. The Morgan fingerprint density at radius 2 is 1.93 bits per heavy atom. The van der Waals surface area contributed by atoms with Crippen LogP contribution in [0.2, 0.25) is 0 Å². The van der Waals surface area contributed by atoms with Crippen LogP contribution in [0.3, 0.4) is 0 Å². The quantitative estimate of drug-likeness (QED) is 0.242. The summed E-state index contributed by atoms with van der Waals surface area (Å²) in [7, 11) is 0. The van der Waals surface area contributed by atoms with E-state index in [0.717, 1.165) is 12.8 Å². The zero-order valence-corrected chi connectivity index (χ0v) is 24.0. The number of nitrogens with one attached hydrogen (secondary N) is 2. The first-order valence-electron chi connectivity index (χ1n) is 14.2. The smallest absolute Gasteiger partial charge is 0.249 e. The maximum absolute atomic E-state index is 14.3. The highest BCUT2D eigenvalue weighted by Crippen LogP contribution is 2.35. The monoisotopic (exact) mass is 586 g/mol. The number of carbonyl (C=O) groups is 3. The Morgan fingerprint density at radius 1 is 1.14 bits per heavy atom. The van der Waals surface area contributed by atoms with Crippen molar-refractivity contribution in [2.75, 3.05) is 30.0 Å². The van der Waals surface area contributed by atoms with Crippen molar-refractivity contribution in [3.8, 4) is 11.5 Å². The first-order chi connectivity index (χ1) is 20.8. The number of benzene rings is 3. The van der Waals surface area contributed by atoms with Gasteiger partial charge in [0.25, 0.3) is 0 Å². The van der Waals surface area contributed by atoms with E-state index in [9.17, 15) is 19.5 Å². The highest BCUT2D eigenvalue weighted by molar-refractivity contribution is 6.02. The maximum Gasteiger partial charge on any atom is 0.249 e. The van der Waals surface area contributed by atoms with Crippen LogP contribution in [0.15, 0.2) is 66.7 Å². The van der Waals surface area contributed by atoms with Gasteiger partial charge in [-0.2, -0.15) is 0 Å². The molecule has 1 aromatic heterocycles. The molecule has 1 aliphatic heterocycles. The van der Waals surface area contributed by atoms with Gasteiger partial charge in [0, 0.05) is 31.5 Å². The molecule has 0 aliphatic carbocycles. The van der Waals surface area contributed by atoms with Gasteiger partial charge in [-0.3, -0.25) is 19.3 Å². The molecule has 3 amide bonds. The molecule has 0 radical (unpaired) electrons. The number of phenols is 1. The first kappa shape index (κ1) is 29.5. The lowest BCUT2D eigenvalue weighted by Crippen LogP contribution is -2.46. The predicted molar refractivity (Wildman–Crippen MR) is 160 cm³/mol. The number of amides is 3. The van der Waals surface area contributed by atoms with Crippen LogP contribution in [0.5, 0.6) is 11.5 Å². The fourth-order valence-corrected chi connectivity index (χ4v) is 5.09. The summed E-state index contributed by atoms with van der Waals surface area (Å²) in [5.41, 5.74) is 2.67. The van der Waals surface area contributed by atoms with Gasteiger partial charge in [0.2, 0.25) is 17.7 Å². The van der Waals surface area contributed by atoms with E-state index in [1.807, 2.05) is 18.2 Å². The molecule has 0 bridgehead atoms. The molecule has 12 heteroatoms. The Balaban J connectivity index is 1.57. The summed E-state index contributed by atoms with van der Waals surface area (Å²) in [6.07, 6.45) is 1.62. The number of rotatable bonds is 11. The fraction of sp³-hybridized carbons (Fsp3) is 0.323. The van der Waals surface area contributed by atoms with Gasteiger partial charge in [0.1, 0.15) is 18.1 Å². The molecule has 0 saturated carbocycles. The minimum Gasteiger partial charge on any atom is -0.504 e. The SMILES string of the molecule is CCOc1cc([C@H](C(=O)NC[C@H]2CCCO2)N(C(=O)Cn2nnc3ccccc32)c2ccc(NC(C)=O)cc2)ccc1O. The van der Waals surface area contributed by atoms with Crippen molar-refractivity contribution >= 4 is 40.1 Å². The number of nitrogens with zero attached hydrogens (tertiary/aromatic N) is 4. The number of fused-ring (bicyclic) bond motifs is 1. The zero-order chi connectivity index (χ0) is 30.3. The lowest BCUT2D eigenvalue weighted by Gasteiger charge is -2.32. The molecule has 4 aromatic rings. The van der Waals surface area contributed by atoms with Gasteiger partial charge in [-0.25, -0.2) is 4.68 Å². The highest BCUT2D eigenvalue weighted by Gasteiger charge is 2.34. The Kier molecular flexibility index (Phi) is 9.16. The van der Waals surface area contributed by atoms with Crippen molar-refractivity contribution in [3.63, 3.8) is 0 Å². The average molecular weight is 587 g/mol. The van der Waals surface area contributed by atoms with Crippen LogP contribution in [-0.4, -0.2) is 63.7 Å². The number of hydrogen-bond donors (Lipinski definition) is 3. The van der Waals surface area contributed by atoms with Gasteiger partial charge >= 0.3 is 0 Å². The van der Waals surface area contributed by atoms with Crippen LogP contribution in [0.4, 0.5) is 11.4 Å². The molecule has 0 spiro atoms. The second-order valence-electron chi connectivity index (χ2n) is 10.2. The number of carbonyl (C=O) groups excluding carboxylic acids is 3. The van der Waals surface area contributed by atoms with Crippen molar-refractivity contribution in [3.05, 3.63) is 72.3 Å². The molecule has 2 atom stereocenters. The average Bonchev–Trinajstić information content (AvgIpc) is 3.67. The normalized spacial score (nSPS) is 15.2. The van der Waals surface area contributed by atoms with Gasteiger partial charge in [-0.1, -0.05) is 23.4 Å². The van der Waals surface area contributed by atoms with Crippen molar-refractivity contribution < 1.29 is 29.0 Å². The zero-order valence-electron chi connectivity index (χ0n) is 24.0. The molecular formula is C31H34N6O6. The largest absolute Gasteiger partial charge is 0.504 e. The van der Waals surface area contributed by atoms with Gasteiger partial charge in [0.05, 0.1) is 18.2 Å². The van der Waals surface area contributed by atoms with E-state index >= 15 is 0 Å². The van der Waals surface area contributed by atoms with Crippen molar-refractivity contribution in [2.24, 2.45) is 0 Å². The molecule has 3 aromatic carbocycles. The molecule has 2 heterocycles. The van der Waals surface area contributed by atoms with Gasteiger partial charge in [-0.15, -0.1) is 5.10 Å². The van der Waals surface area contributed by atoms with Crippen LogP contribution >= 0.6 is 0 Å². The van der Waals surface area contributed by atoms with Crippen molar-refractivity contribution in [1.29, 1.82) is 0 Å². The lowest BCUT2D eigenvalue weighted by molar-refractivity contribution is -0.127. The van der Waals surface area contributed by atoms with Crippen LogP contribution in [0.1, 0.15) is 38.3 Å². The molecule has 1 aliphatic rings. The Hall–Kier alpha value is -4.97. The summed E-state index contributed by atoms with van der Waals surface area (Å²) in [4.78, 5) is 41.3. The summed E-state index contributed by atoms with van der Waals surface area (Å²) in [5, 5.41) is 24.4. The van der Waals surface area contributed by atoms with E-state index in [1.54, 1.807) is 49.4 Å². The minimum atomic E-state index is -1.16. The van der Waals surface area contributed by atoms with Crippen LogP contribution < -0.4 is 20.3 Å². The molecule has 43 heavy (non-hydrogen) atoms. The maximum atomic E-state index is 14.3. The number of hydrogen-bond acceptors (Lipinski definition) is 8. The van der Waals surface area contributed by atoms with Crippen LogP contribution in [-0.2, 0) is 25.7 Å². The van der Waals surface area contributed by atoms with E-state index in [4.69, 9.17) is 9.47 Å². The summed E-state index contributed by atoms with van der Waals surface area (Å²) in [6, 6.07) is 17.3. The first-order valence-corrected chi connectivity index (χ1v) is 14.2. The Morgan fingerprint density at radius 3 is 2.65 bits per heavy atom. The topological polar surface area (TPSA) is 148 Å². The lowest BCUT2D eigenvalue weighted by atomic mass is 10.0. The number of para-hydroxylation sites is 1. The van der Waals surface area contributed by atoms with Gasteiger partial charge in [-0.05, 0) is 73.9 Å². The predicted octanol–water partition coefficient (Wildman–Crippen LogP) is 3.56. The number of aromatic hydroxyl groups is 1. The van der Waals surface area contributed by atoms with E-state index in [-0.39, 0.29) is 36.6 Å². The van der Waals surface area contributed by atoms with Crippen molar-refractivity contribution in [1.82, 2.24) is 20.3 Å². The molecule has 0 unspecified atom stereocenters. The standard InChI is InChI=1S/C31H34N6O6/c1-3-42-28-17-21(10-15-27(28)39)30(31(41)32-18-24-7-6-16-43-24)37(23-13-11-22(12-14-23)33-20(2)38)29(40)19-36-26-9-5-4-8-25(26)34-35-36/h4-5,8-15,17,24,30,39H,3,6-7,16,18-19H2,1-2H3,(H,32,41)(H,33,38)/t24-,30-/m1/s1. The van der Waals surface area contributed by atoms with E-state index < -0.39 is 17.9 Å². The second kappa shape index (κ2) is 13.3. The number of anilines is 2. The Labute approximate surface area is 248 Å². The summed E-state index contributed by atoms with van der Waals surface area (Å²) in [6.45, 7) is 4.19. The molecular weight excluding hydrogens is 552 g/mol. The third-order valence-electron chi connectivity index (χ3n) is 7.07. The molecule has 224 valence electrons. The fourth-order valence-electron chi connectivity index (χ4n) is 5.09. The second-order valence-corrected chi connectivity index (χ2v) is 10.2. The highest BCUT2D eigenvalue weighted by atomic mass is 16.5. The van der Waals surface area contributed by atoms with E-state index in [1.165, 1.54) is 22.6 Å². The number of phenolic OH excluding ortho intramolecular Hbond substituents is 1. The van der Waals surface area contributed by atoms with Gasteiger partial charge < -0.3 is 25.2 Å². The molecule has 5 rings (SSSR count). The van der Waals surface area contributed by atoms with Crippen LogP contribution in [0, 0.1) is 0 Å². The summed E-state index contributed by atoms with van der Waals surface area (Å²) < 4.78 is 12.8. The summed E-state index contributed by atoms with van der Waals surface area (Å²) in [5.74, 6) is -1.02. The van der Waals surface area contributed by atoms with Crippen LogP contribution in [0.25, 0.3) is 11.0 Å².